The Bertz CT molecular complexity index is 678. The lowest BCUT2D eigenvalue weighted by atomic mass is 10.1. The van der Waals surface area contributed by atoms with Crippen LogP contribution in [0.2, 0.25) is 5.02 Å². The van der Waals surface area contributed by atoms with Gasteiger partial charge in [-0.25, -0.2) is 0 Å². The summed E-state index contributed by atoms with van der Waals surface area (Å²) in [5, 5.41) is 9.94. The highest BCUT2D eigenvalue weighted by Crippen LogP contribution is 2.25. The van der Waals surface area contributed by atoms with Crippen LogP contribution in [0.4, 0.5) is 11.4 Å². The first kappa shape index (κ1) is 14.7. The molecule has 1 saturated heterocycles. The van der Waals surface area contributed by atoms with E-state index in [1.807, 2.05) is 18.2 Å². The molecule has 1 aliphatic rings. The molecule has 0 aliphatic carbocycles. The summed E-state index contributed by atoms with van der Waals surface area (Å²) in [7, 11) is 0. The molecule has 3 rings (SSSR count). The van der Waals surface area contributed by atoms with E-state index in [9.17, 15) is 5.26 Å². The van der Waals surface area contributed by atoms with Crippen LogP contribution in [0.25, 0.3) is 0 Å². The maximum Gasteiger partial charge on any atom is 0.101 e. The standard InChI is InChI=1S/C18H18ClN3/c19-16-7-8-18(15(13-16)14-20)22-10-4-9-21(11-12-22)17-5-2-1-3-6-17/h1-3,5-8,13H,4,9-12H2. The zero-order valence-electron chi connectivity index (χ0n) is 12.4. The smallest absolute Gasteiger partial charge is 0.101 e. The lowest BCUT2D eigenvalue weighted by Gasteiger charge is -2.25. The van der Waals surface area contributed by atoms with Crippen LogP contribution in [-0.2, 0) is 0 Å². The third-order valence-corrected chi connectivity index (χ3v) is 4.27. The fourth-order valence-electron chi connectivity index (χ4n) is 2.93. The summed E-state index contributed by atoms with van der Waals surface area (Å²) in [6.45, 7) is 3.86. The number of para-hydroxylation sites is 1. The van der Waals surface area contributed by atoms with Crippen molar-refractivity contribution in [2.24, 2.45) is 0 Å². The molecule has 2 aromatic rings. The van der Waals surface area contributed by atoms with E-state index in [1.54, 1.807) is 6.07 Å². The van der Waals surface area contributed by atoms with Crippen LogP contribution >= 0.6 is 11.6 Å². The average Bonchev–Trinajstić information content (AvgIpc) is 2.81. The van der Waals surface area contributed by atoms with E-state index in [0.717, 1.165) is 38.3 Å². The molecule has 112 valence electrons. The Morgan fingerprint density at radius 1 is 0.909 bits per heavy atom. The van der Waals surface area contributed by atoms with Gasteiger partial charge >= 0.3 is 0 Å². The molecule has 3 nitrogen and oxygen atoms in total. The van der Waals surface area contributed by atoms with Gasteiger partial charge in [0.05, 0.1) is 11.3 Å². The van der Waals surface area contributed by atoms with Crippen LogP contribution < -0.4 is 9.80 Å². The lowest BCUT2D eigenvalue weighted by molar-refractivity contribution is 0.806. The van der Waals surface area contributed by atoms with E-state index in [0.29, 0.717) is 10.6 Å². The summed E-state index contributed by atoms with van der Waals surface area (Å²) >= 11 is 5.99. The predicted molar refractivity (Wildman–Crippen MR) is 91.7 cm³/mol. The van der Waals surface area contributed by atoms with Crippen LogP contribution in [-0.4, -0.2) is 26.2 Å². The Morgan fingerprint density at radius 3 is 2.41 bits per heavy atom. The number of halogens is 1. The second kappa shape index (κ2) is 6.72. The number of nitrogens with zero attached hydrogens (tertiary/aromatic N) is 3. The first-order valence-corrected chi connectivity index (χ1v) is 7.90. The summed E-state index contributed by atoms with van der Waals surface area (Å²) in [4.78, 5) is 4.69. The molecule has 22 heavy (non-hydrogen) atoms. The highest BCUT2D eigenvalue weighted by Gasteiger charge is 2.17. The van der Waals surface area contributed by atoms with Gasteiger partial charge in [-0.3, -0.25) is 0 Å². The van der Waals surface area contributed by atoms with Gasteiger partial charge in [0.15, 0.2) is 0 Å². The van der Waals surface area contributed by atoms with Crippen LogP contribution in [0.15, 0.2) is 48.5 Å². The lowest BCUT2D eigenvalue weighted by Crippen LogP contribution is -2.31. The second-order valence-electron chi connectivity index (χ2n) is 5.44. The van der Waals surface area contributed by atoms with Gasteiger partial charge in [-0.1, -0.05) is 29.8 Å². The van der Waals surface area contributed by atoms with E-state index in [1.165, 1.54) is 5.69 Å². The van der Waals surface area contributed by atoms with Crippen molar-refractivity contribution in [3.05, 3.63) is 59.1 Å². The van der Waals surface area contributed by atoms with Gasteiger partial charge in [0.1, 0.15) is 6.07 Å². The van der Waals surface area contributed by atoms with Crippen LogP contribution in [0.1, 0.15) is 12.0 Å². The number of benzene rings is 2. The summed E-state index contributed by atoms with van der Waals surface area (Å²) in [5.41, 5.74) is 2.91. The van der Waals surface area contributed by atoms with Gasteiger partial charge in [0.25, 0.3) is 0 Å². The van der Waals surface area contributed by atoms with Gasteiger partial charge in [0.2, 0.25) is 0 Å². The Morgan fingerprint density at radius 2 is 1.64 bits per heavy atom. The molecule has 1 heterocycles. The molecule has 0 atom stereocenters. The summed E-state index contributed by atoms with van der Waals surface area (Å²) in [6.07, 6.45) is 1.07. The minimum atomic E-state index is 0.612. The quantitative estimate of drug-likeness (QED) is 0.842. The van der Waals surface area contributed by atoms with E-state index >= 15 is 0 Å². The van der Waals surface area contributed by atoms with Gasteiger partial charge in [-0.05, 0) is 36.8 Å². The summed E-state index contributed by atoms with van der Waals surface area (Å²) < 4.78 is 0. The number of hydrogen-bond donors (Lipinski definition) is 0. The van der Waals surface area contributed by atoms with Crippen molar-refractivity contribution in [2.75, 3.05) is 36.0 Å². The first-order valence-electron chi connectivity index (χ1n) is 7.52. The van der Waals surface area contributed by atoms with E-state index in [4.69, 9.17) is 11.6 Å². The summed E-state index contributed by atoms with van der Waals surface area (Å²) in [6, 6.07) is 18.3. The third kappa shape index (κ3) is 3.18. The van der Waals surface area contributed by atoms with Crippen molar-refractivity contribution < 1.29 is 0 Å². The molecule has 0 aromatic heterocycles. The van der Waals surface area contributed by atoms with E-state index in [-0.39, 0.29) is 0 Å². The number of nitriles is 1. The molecule has 0 N–H and O–H groups in total. The molecule has 2 aromatic carbocycles. The molecular formula is C18H18ClN3. The topological polar surface area (TPSA) is 30.3 Å². The minimum absolute atomic E-state index is 0.612. The van der Waals surface area contributed by atoms with Gasteiger partial charge in [0, 0.05) is 36.9 Å². The molecule has 1 aliphatic heterocycles. The minimum Gasteiger partial charge on any atom is -0.370 e. The molecular weight excluding hydrogens is 294 g/mol. The molecule has 0 radical (unpaired) electrons. The number of anilines is 2. The fourth-order valence-corrected chi connectivity index (χ4v) is 3.10. The predicted octanol–water partition coefficient (Wildman–Crippen LogP) is 3.93. The van der Waals surface area contributed by atoms with Crippen molar-refractivity contribution in [1.29, 1.82) is 5.26 Å². The Hall–Kier alpha value is -2.18. The highest BCUT2D eigenvalue weighted by molar-refractivity contribution is 6.30. The highest BCUT2D eigenvalue weighted by atomic mass is 35.5. The fraction of sp³-hybridized carbons (Fsp3) is 0.278. The molecule has 0 unspecified atom stereocenters. The Kier molecular flexibility index (Phi) is 4.50. The van der Waals surface area contributed by atoms with Crippen molar-refractivity contribution in [1.82, 2.24) is 0 Å². The zero-order valence-corrected chi connectivity index (χ0v) is 13.1. The molecule has 0 spiro atoms. The molecule has 1 fully saturated rings. The van der Waals surface area contributed by atoms with Crippen molar-refractivity contribution >= 4 is 23.0 Å². The Labute approximate surface area is 136 Å². The maximum absolute atomic E-state index is 9.33. The maximum atomic E-state index is 9.33. The largest absolute Gasteiger partial charge is 0.370 e. The average molecular weight is 312 g/mol. The van der Waals surface area contributed by atoms with Crippen LogP contribution in [0.5, 0.6) is 0 Å². The van der Waals surface area contributed by atoms with Gasteiger partial charge in [-0.15, -0.1) is 0 Å². The van der Waals surface area contributed by atoms with E-state index < -0.39 is 0 Å². The van der Waals surface area contributed by atoms with Crippen LogP contribution in [0, 0.1) is 11.3 Å². The zero-order chi connectivity index (χ0) is 15.4. The van der Waals surface area contributed by atoms with Crippen molar-refractivity contribution in [3.8, 4) is 6.07 Å². The Balaban J connectivity index is 1.77. The molecule has 0 saturated carbocycles. The van der Waals surface area contributed by atoms with Crippen LogP contribution in [0.3, 0.4) is 0 Å². The normalized spacial score (nSPS) is 15.3. The second-order valence-corrected chi connectivity index (χ2v) is 5.87. The third-order valence-electron chi connectivity index (χ3n) is 4.04. The first-order chi connectivity index (χ1) is 10.8. The number of rotatable bonds is 2. The van der Waals surface area contributed by atoms with Gasteiger partial charge < -0.3 is 9.80 Å². The molecule has 0 amide bonds. The van der Waals surface area contributed by atoms with E-state index in [2.05, 4.69) is 40.1 Å². The van der Waals surface area contributed by atoms with Crippen molar-refractivity contribution in [3.63, 3.8) is 0 Å². The molecule has 0 bridgehead atoms. The SMILES string of the molecule is N#Cc1cc(Cl)ccc1N1CCCN(c2ccccc2)CC1. The van der Waals surface area contributed by atoms with Gasteiger partial charge in [-0.2, -0.15) is 5.26 Å². The monoisotopic (exact) mass is 311 g/mol. The van der Waals surface area contributed by atoms with Crippen molar-refractivity contribution in [2.45, 2.75) is 6.42 Å². The number of hydrogen-bond acceptors (Lipinski definition) is 3. The summed E-state index contributed by atoms with van der Waals surface area (Å²) in [5.74, 6) is 0. The molecule has 4 heteroatoms.